The number of carbonyl (C=O) groups is 1. The predicted octanol–water partition coefficient (Wildman–Crippen LogP) is 3.09. The molecule has 3 N–H and O–H groups in total. The lowest BCUT2D eigenvalue weighted by Gasteiger charge is -2.25. The van der Waals surface area contributed by atoms with Crippen molar-refractivity contribution < 1.29 is 19.0 Å². The summed E-state index contributed by atoms with van der Waals surface area (Å²) in [5, 5.41) is 16.5. The van der Waals surface area contributed by atoms with Crippen molar-refractivity contribution in [3.05, 3.63) is 59.4 Å². The van der Waals surface area contributed by atoms with E-state index in [1.165, 1.54) is 13.2 Å². The van der Waals surface area contributed by atoms with Crippen molar-refractivity contribution in [2.75, 3.05) is 26.7 Å². The molecule has 0 saturated carbocycles. The maximum Gasteiger partial charge on any atom is 0.237 e. The smallest absolute Gasteiger partial charge is 0.237 e. The van der Waals surface area contributed by atoms with Crippen LogP contribution in [0.3, 0.4) is 0 Å². The standard InChI is InChI=1S/C25H34FN3O3/c1-17(2)15-29-16-20(28-14-18-8-9-24(32-3)23(30)12-18)13-22(29)25(31)27-11-10-19-6-4-5-7-21(19)26/h4-9,12,17,20,22,28,30H,10-11,13-16H2,1-3H3,(H,27,31)/t20-,22-/m0/s1. The first-order chi connectivity index (χ1) is 15.4. The zero-order valence-corrected chi connectivity index (χ0v) is 19.1. The lowest BCUT2D eigenvalue weighted by molar-refractivity contribution is -0.125. The van der Waals surface area contributed by atoms with Crippen LogP contribution in [-0.2, 0) is 17.8 Å². The number of halogens is 1. The highest BCUT2D eigenvalue weighted by atomic mass is 19.1. The lowest BCUT2D eigenvalue weighted by Crippen LogP contribution is -2.45. The van der Waals surface area contributed by atoms with E-state index in [0.717, 1.165) is 18.7 Å². The molecule has 6 nitrogen and oxygen atoms in total. The van der Waals surface area contributed by atoms with Gasteiger partial charge in [-0.3, -0.25) is 9.69 Å². The summed E-state index contributed by atoms with van der Waals surface area (Å²) in [4.78, 5) is 15.2. The maximum absolute atomic E-state index is 13.8. The molecule has 0 bridgehead atoms. The zero-order valence-electron chi connectivity index (χ0n) is 19.1. The van der Waals surface area contributed by atoms with E-state index in [0.29, 0.717) is 43.2 Å². The number of carbonyl (C=O) groups excluding carboxylic acids is 1. The van der Waals surface area contributed by atoms with Crippen molar-refractivity contribution in [2.24, 2.45) is 5.92 Å². The Balaban J connectivity index is 1.55. The summed E-state index contributed by atoms with van der Waals surface area (Å²) in [5.74, 6) is 0.767. The van der Waals surface area contributed by atoms with Gasteiger partial charge in [0.15, 0.2) is 11.5 Å². The summed E-state index contributed by atoms with van der Waals surface area (Å²) >= 11 is 0. The molecule has 2 atom stereocenters. The molecular formula is C25H34FN3O3. The Morgan fingerprint density at radius 2 is 2.06 bits per heavy atom. The molecule has 0 aliphatic carbocycles. The van der Waals surface area contributed by atoms with E-state index in [2.05, 4.69) is 29.4 Å². The Kier molecular flexibility index (Phi) is 8.47. The number of hydrogen-bond donors (Lipinski definition) is 3. The fourth-order valence-electron chi connectivity index (χ4n) is 4.24. The molecule has 2 aromatic rings. The number of nitrogens with one attached hydrogen (secondary N) is 2. The third kappa shape index (κ3) is 6.43. The molecule has 1 fully saturated rings. The third-order valence-electron chi connectivity index (χ3n) is 5.80. The molecule has 32 heavy (non-hydrogen) atoms. The van der Waals surface area contributed by atoms with Crippen molar-refractivity contribution in [3.8, 4) is 11.5 Å². The molecule has 0 spiro atoms. The van der Waals surface area contributed by atoms with Crippen molar-refractivity contribution in [1.82, 2.24) is 15.5 Å². The Labute approximate surface area is 189 Å². The van der Waals surface area contributed by atoms with E-state index in [4.69, 9.17) is 4.74 Å². The van der Waals surface area contributed by atoms with E-state index < -0.39 is 0 Å². The van der Waals surface area contributed by atoms with Gasteiger partial charge in [0, 0.05) is 32.2 Å². The molecule has 3 rings (SSSR count). The highest BCUT2D eigenvalue weighted by molar-refractivity contribution is 5.82. The number of nitrogens with zero attached hydrogens (tertiary/aromatic N) is 1. The number of phenols is 1. The fraction of sp³-hybridized carbons (Fsp3) is 0.480. The minimum absolute atomic E-state index is 0.00613. The second-order valence-electron chi connectivity index (χ2n) is 8.82. The molecule has 1 aliphatic rings. The minimum atomic E-state index is -0.238. The number of methoxy groups -OCH3 is 1. The van der Waals surface area contributed by atoms with Crippen LogP contribution >= 0.6 is 0 Å². The van der Waals surface area contributed by atoms with E-state index in [1.807, 2.05) is 6.07 Å². The number of rotatable bonds is 10. The first-order valence-corrected chi connectivity index (χ1v) is 11.2. The van der Waals surface area contributed by atoms with Crippen LogP contribution in [0.5, 0.6) is 11.5 Å². The number of likely N-dealkylation sites (tertiary alicyclic amines) is 1. The third-order valence-corrected chi connectivity index (χ3v) is 5.80. The van der Waals surface area contributed by atoms with Gasteiger partial charge in [0.1, 0.15) is 5.82 Å². The minimum Gasteiger partial charge on any atom is -0.504 e. The van der Waals surface area contributed by atoms with Crippen LogP contribution in [0.15, 0.2) is 42.5 Å². The average Bonchev–Trinajstić information content (AvgIpc) is 3.15. The zero-order chi connectivity index (χ0) is 23.1. The van der Waals surface area contributed by atoms with Gasteiger partial charge in [-0.1, -0.05) is 38.1 Å². The molecule has 1 aliphatic heterocycles. The van der Waals surface area contributed by atoms with Crippen LogP contribution in [0.4, 0.5) is 4.39 Å². The molecular weight excluding hydrogens is 409 g/mol. The molecule has 1 amide bonds. The summed E-state index contributed by atoms with van der Waals surface area (Å²) in [6.45, 7) is 6.93. The molecule has 0 aromatic heterocycles. The van der Waals surface area contributed by atoms with Crippen molar-refractivity contribution in [1.29, 1.82) is 0 Å². The second-order valence-corrected chi connectivity index (χ2v) is 8.82. The Hall–Kier alpha value is -2.64. The van der Waals surface area contributed by atoms with E-state index >= 15 is 0 Å². The number of aromatic hydroxyl groups is 1. The number of amides is 1. The second kappa shape index (κ2) is 11.3. The molecule has 1 saturated heterocycles. The van der Waals surface area contributed by atoms with E-state index in [-0.39, 0.29) is 29.6 Å². The van der Waals surface area contributed by atoms with Crippen LogP contribution in [-0.4, -0.2) is 54.7 Å². The van der Waals surface area contributed by atoms with Gasteiger partial charge in [0.05, 0.1) is 13.2 Å². The monoisotopic (exact) mass is 443 g/mol. The normalized spacial score (nSPS) is 18.8. The van der Waals surface area contributed by atoms with E-state index in [9.17, 15) is 14.3 Å². The summed E-state index contributed by atoms with van der Waals surface area (Å²) in [6.07, 6.45) is 1.18. The van der Waals surface area contributed by atoms with Crippen LogP contribution in [0.1, 0.15) is 31.4 Å². The van der Waals surface area contributed by atoms with Gasteiger partial charge in [-0.25, -0.2) is 4.39 Å². The van der Waals surface area contributed by atoms with Gasteiger partial charge >= 0.3 is 0 Å². The van der Waals surface area contributed by atoms with Crippen molar-refractivity contribution in [2.45, 2.75) is 45.3 Å². The predicted molar refractivity (Wildman–Crippen MR) is 123 cm³/mol. The van der Waals surface area contributed by atoms with Crippen molar-refractivity contribution in [3.63, 3.8) is 0 Å². The molecule has 0 radical (unpaired) electrons. The van der Waals surface area contributed by atoms with Crippen molar-refractivity contribution >= 4 is 5.91 Å². The van der Waals surface area contributed by atoms with Crippen LogP contribution in [0.25, 0.3) is 0 Å². The summed E-state index contributed by atoms with van der Waals surface area (Å²) in [6, 6.07) is 12.0. The lowest BCUT2D eigenvalue weighted by atomic mass is 10.1. The molecule has 2 aromatic carbocycles. The number of hydrogen-bond acceptors (Lipinski definition) is 5. The van der Waals surface area contributed by atoms with Gasteiger partial charge < -0.3 is 20.5 Å². The van der Waals surface area contributed by atoms with Crippen LogP contribution in [0, 0.1) is 11.7 Å². The largest absolute Gasteiger partial charge is 0.504 e. The number of phenolic OH excluding ortho intramolecular Hbond substituents is 1. The molecule has 174 valence electrons. The topological polar surface area (TPSA) is 73.8 Å². The highest BCUT2D eigenvalue weighted by Gasteiger charge is 2.36. The average molecular weight is 444 g/mol. The Morgan fingerprint density at radius 1 is 1.28 bits per heavy atom. The highest BCUT2D eigenvalue weighted by Crippen LogP contribution is 2.26. The van der Waals surface area contributed by atoms with Gasteiger partial charge in [-0.15, -0.1) is 0 Å². The molecule has 1 heterocycles. The van der Waals surface area contributed by atoms with E-state index in [1.54, 1.807) is 30.3 Å². The fourth-order valence-corrected chi connectivity index (χ4v) is 4.24. The SMILES string of the molecule is COc1ccc(CN[C@H]2C[C@@H](C(=O)NCCc3ccccc3F)N(CC(C)C)C2)cc1O. The number of benzene rings is 2. The Morgan fingerprint density at radius 3 is 2.75 bits per heavy atom. The first kappa shape index (κ1) is 24.0. The summed E-state index contributed by atoms with van der Waals surface area (Å²) in [5.41, 5.74) is 1.57. The van der Waals surface area contributed by atoms with Gasteiger partial charge in [-0.2, -0.15) is 0 Å². The maximum atomic E-state index is 13.8. The van der Waals surface area contributed by atoms with Gasteiger partial charge in [-0.05, 0) is 48.1 Å². The summed E-state index contributed by atoms with van der Waals surface area (Å²) in [7, 11) is 1.52. The molecule has 7 heteroatoms. The van der Waals surface area contributed by atoms with Gasteiger partial charge in [0.2, 0.25) is 5.91 Å². The van der Waals surface area contributed by atoms with Gasteiger partial charge in [0.25, 0.3) is 0 Å². The first-order valence-electron chi connectivity index (χ1n) is 11.2. The number of ether oxygens (including phenoxy) is 1. The quantitative estimate of drug-likeness (QED) is 0.526. The Bertz CT molecular complexity index is 906. The van der Waals surface area contributed by atoms with Crippen LogP contribution in [0.2, 0.25) is 0 Å². The van der Waals surface area contributed by atoms with Crippen LogP contribution < -0.4 is 15.4 Å². The summed E-state index contributed by atoms with van der Waals surface area (Å²) < 4.78 is 18.9. The molecule has 0 unspecified atom stereocenters.